The van der Waals surface area contributed by atoms with Crippen molar-refractivity contribution in [1.29, 1.82) is 0 Å². The molecule has 1 fully saturated rings. The molecule has 0 aliphatic carbocycles. The van der Waals surface area contributed by atoms with Gasteiger partial charge in [-0.3, -0.25) is 14.7 Å². The Bertz CT molecular complexity index is 830. The maximum absolute atomic E-state index is 12.6. The number of morpholine rings is 1. The topological polar surface area (TPSA) is 70.7 Å². The number of hydrogen-bond acceptors (Lipinski definition) is 6. The molecule has 26 heavy (non-hydrogen) atoms. The molecule has 0 unspecified atom stereocenters. The maximum Gasteiger partial charge on any atom is 0.257 e. The Hall–Kier alpha value is -2.38. The number of rotatable bonds is 4. The van der Waals surface area contributed by atoms with Crippen molar-refractivity contribution >= 4 is 5.95 Å². The number of aromatic amines is 1. The molecule has 4 rings (SSSR count). The summed E-state index contributed by atoms with van der Waals surface area (Å²) >= 11 is 0. The monoisotopic (exact) mass is 356 g/mol. The Morgan fingerprint density at radius 1 is 1.27 bits per heavy atom. The lowest BCUT2D eigenvalue weighted by Gasteiger charge is -2.30. The number of nitrogens with zero attached hydrogens (tertiary/aromatic N) is 3. The van der Waals surface area contributed by atoms with Gasteiger partial charge in [0.05, 0.1) is 31.6 Å². The lowest BCUT2D eigenvalue weighted by Crippen LogP contribution is -2.40. The summed E-state index contributed by atoms with van der Waals surface area (Å²) in [6, 6.07) is 8.06. The molecule has 1 aromatic heterocycles. The number of anilines is 1. The molecule has 1 N–H and O–H groups in total. The molecular weight excluding hydrogens is 332 g/mol. The summed E-state index contributed by atoms with van der Waals surface area (Å²) in [5, 5.41) is 0. The van der Waals surface area contributed by atoms with Crippen LogP contribution in [-0.2, 0) is 24.2 Å². The van der Waals surface area contributed by atoms with Crippen LogP contribution in [0.5, 0.6) is 5.75 Å². The van der Waals surface area contributed by atoms with Crippen molar-refractivity contribution in [1.82, 2.24) is 14.9 Å². The van der Waals surface area contributed by atoms with Crippen molar-refractivity contribution in [3.8, 4) is 5.75 Å². The Morgan fingerprint density at radius 2 is 2.12 bits per heavy atom. The Balaban J connectivity index is 1.50. The third-order valence-corrected chi connectivity index (χ3v) is 4.99. The van der Waals surface area contributed by atoms with E-state index in [2.05, 4.69) is 20.9 Å². The van der Waals surface area contributed by atoms with Crippen LogP contribution in [0.15, 0.2) is 29.1 Å². The van der Waals surface area contributed by atoms with Crippen molar-refractivity contribution in [2.75, 3.05) is 44.9 Å². The molecule has 7 heteroatoms. The lowest BCUT2D eigenvalue weighted by molar-refractivity contribution is 0.122. The molecule has 2 aliphatic heterocycles. The minimum Gasteiger partial charge on any atom is -0.497 e. The standard InChI is InChI=1S/C19H24N4O3/c1-25-15-4-2-3-14(11-15)12-22-6-5-17-16(13-22)18(24)21-19(20-17)23-7-9-26-10-8-23/h2-4,11H,5-10,12-13H2,1H3,(H,20,21,24). The quantitative estimate of drug-likeness (QED) is 0.887. The first-order valence-electron chi connectivity index (χ1n) is 9.03. The van der Waals surface area contributed by atoms with Crippen molar-refractivity contribution in [3.63, 3.8) is 0 Å². The van der Waals surface area contributed by atoms with Crippen LogP contribution in [0.2, 0.25) is 0 Å². The highest BCUT2D eigenvalue weighted by atomic mass is 16.5. The summed E-state index contributed by atoms with van der Waals surface area (Å²) in [7, 11) is 1.67. The van der Waals surface area contributed by atoms with E-state index in [1.165, 1.54) is 5.56 Å². The molecule has 0 bridgehead atoms. The van der Waals surface area contributed by atoms with Crippen molar-refractivity contribution < 1.29 is 9.47 Å². The van der Waals surface area contributed by atoms with Crippen molar-refractivity contribution in [3.05, 3.63) is 51.4 Å². The molecule has 0 saturated carbocycles. The highest BCUT2D eigenvalue weighted by Gasteiger charge is 2.23. The average Bonchev–Trinajstić information content (AvgIpc) is 2.69. The minimum absolute atomic E-state index is 0.0214. The lowest BCUT2D eigenvalue weighted by atomic mass is 10.1. The van der Waals surface area contributed by atoms with E-state index >= 15 is 0 Å². The minimum atomic E-state index is -0.0214. The third kappa shape index (κ3) is 3.59. The number of ether oxygens (including phenoxy) is 2. The second kappa shape index (κ2) is 7.47. The zero-order valence-corrected chi connectivity index (χ0v) is 15.0. The predicted molar refractivity (Wildman–Crippen MR) is 98.7 cm³/mol. The van der Waals surface area contributed by atoms with E-state index in [4.69, 9.17) is 14.5 Å². The third-order valence-electron chi connectivity index (χ3n) is 4.99. The van der Waals surface area contributed by atoms with Crippen LogP contribution in [0.1, 0.15) is 16.8 Å². The summed E-state index contributed by atoms with van der Waals surface area (Å²) in [6.45, 7) is 5.19. The van der Waals surface area contributed by atoms with E-state index in [9.17, 15) is 4.79 Å². The maximum atomic E-state index is 12.6. The fourth-order valence-corrected chi connectivity index (χ4v) is 3.56. The van der Waals surface area contributed by atoms with Gasteiger partial charge in [0.15, 0.2) is 0 Å². The van der Waals surface area contributed by atoms with Crippen molar-refractivity contribution in [2.24, 2.45) is 0 Å². The first kappa shape index (κ1) is 17.1. The Kier molecular flexibility index (Phi) is 4.90. The van der Waals surface area contributed by atoms with Crippen LogP contribution in [0.3, 0.4) is 0 Å². The number of nitrogens with one attached hydrogen (secondary N) is 1. The van der Waals surface area contributed by atoms with Gasteiger partial charge in [-0.1, -0.05) is 12.1 Å². The van der Waals surface area contributed by atoms with Gasteiger partial charge in [-0.2, -0.15) is 0 Å². The number of aromatic nitrogens is 2. The smallest absolute Gasteiger partial charge is 0.257 e. The molecule has 7 nitrogen and oxygen atoms in total. The molecule has 0 atom stereocenters. The Labute approximate surface area is 152 Å². The van der Waals surface area contributed by atoms with Crippen LogP contribution in [0.4, 0.5) is 5.95 Å². The summed E-state index contributed by atoms with van der Waals surface area (Å²) in [5.74, 6) is 1.54. The summed E-state index contributed by atoms with van der Waals surface area (Å²) < 4.78 is 10.7. The number of hydrogen-bond donors (Lipinski definition) is 1. The molecule has 0 radical (unpaired) electrons. The summed E-state index contributed by atoms with van der Waals surface area (Å²) in [6.07, 6.45) is 0.792. The van der Waals surface area contributed by atoms with E-state index < -0.39 is 0 Å². The highest BCUT2D eigenvalue weighted by molar-refractivity contribution is 5.35. The number of fused-ring (bicyclic) bond motifs is 1. The zero-order chi connectivity index (χ0) is 17.9. The van der Waals surface area contributed by atoms with E-state index in [1.54, 1.807) is 7.11 Å². The second-order valence-corrected chi connectivity index (χ2v) is 6.73. The normalized spacial score (nSPS) is 17.8. The molecule has 1 aromatic carbocycles. The molecule has 0 amide bonds. The number of H-pyrrole nitrogens is 1. The average molecular weight is 356 g/mol. The van der Waals surface area contributed by atoms with Gasteiger partial charge in [0.1, 0.15) is 5.75 Å². The van der Waals surface area contributed by atoms with Crippen LogP contribution in [0, 0.1) is 0 Å². The number of methoxy groups -OCH3 is 1. The van der Waals surface area contributed by atoms with E-state index in [0.29, 0.717) is 25.7 Å². The second-order valence-electron chi connectivity index (χ2n) is 6.73. The molecule has 1 saturated heterocycles. The van der Waals surface area contributed by atoms with Crippen LogP contribution in [-0.4, -0.2) is 54.8 Å². The molecule has 2 aliphatic rings. The first-order chi connectivity index (χ1) is 12.7. The fraction of sp³-hybridized carbons (Fsp3) is 0.474. The number of benzene rings is 1. The van der Waals surface area contributed by atoms with E-state index in [1.807, 2.05) is 18.2 Å². The molecule has 138 valence electrons. The van der Waals surface area contributed by atoms with Gasteiger partial charge in [0, 0.05) is 39.1 Å². The van der Waals surface area contributed by atoms with E-state index in [-0.39, 0.29) is 5.56 Å². The predicted octanol–water partition coefficient (Wildman–Crippen LogP) is 1.17. The highest BCUT2D eigenvalue weighted by Crippen LogP contribution is 2.20. The molecule has 2 aromatic rings. The molecule has 0 spiro atoms. The largest absolute Gasteiger partial charge is 0.497 e. The van der Waals surface area contributed by atoms with Gasteiger partial charge in [-0.05, 0) is 17.7 Å². The van der Waals surface area contributed by atoms with Gasteiger partial charge in [-0.25, -0.2) is 4.98 Å². The van der Waals surface area contributed by atoms with Gasteiger partial charge in [0.2, 0.25) is 5.95 Å². The summed E-state index contributed by atoms with van der Waals surface area (Å²) in [5.41, 5.74) is 2.88. The van der Waals surface area contributed by atoms with Crippen LogP contribution >= 0.6 is 0 Å². The first-order valence-corrected chi connectivity index (χ1v) is 9.03. The van der Waals surface area contributed by atoms with E-state index in [0.717, 1.165) is 49.6 Å². The van der Waals surface area contributed by atoms with Crippen LogP contribution < -0.4 is 15.2 Å². The van der Waals surface area contributed by atoms with Gasteiger partial charge in [0.25, 0.3) is 5.56 Å². The zero-order valence-electron chi connectivity index (χ0n) is 15.0. The van der Waals surface area contributed by atoms with Gasteiger partial charge >= 0.3 is 0 Å². The molecular formula is C19H24N4O3. The van der Waals surface area contributed by atoms with Crippen molar-refractivity contribution in [2.45, 2.75) is 19.5 Å². The Morgan fingerprint density at radius 3 is 2.92 bits per heavy atom. The van der Waals surface area contributed by atoms with Gasteiger partial charge < -0.3 is 14.4 Å². The SMILES string of the molecule is COc1cccc(CN2CCc3nc(N4CCOCC4)[nH]c(=O)c3C2)c1. The van der Waals surface area contributed by atoms with Crippen LogP contribution in [0.25, 0.3) is 0 Å². The van der Waals surface area contributed by atoms with Gasteiger partial charge in [-0.15, -0.1) is 0 Å². The fourth-order valence-electron chi connectivity index (χ4n) is 3.56. The molecule has 3 heterocycles. The summed E-state index contributed by atoms with van der Waals surface area (Å²) in [4.78, 5) is 24.7.